The van der Waals surface area contributed by atoms with Gasteiger partial charge in [0, 0.05) is 5.56 Å². The lowest BCUT2D eigenvalue weighted by molar-refractivity contribution is -0.119. The fourth-order valence-electron chi connectivity index (χ4n) is 1.32. The Morgan fingerprint density at radius 2 is 1.91 bits per heavy atom. The van der Waals surface area contributed by atoms with Gasteiger partial charge in [0.15, 0.2) is 6.42 Å². The molecule has 1 aliphatic rings. The van der Waals surface area contributed by atoms with Crippen LogP contribution in [0.3, 0.4) is 0 Å². The number of hydrogen-bond donors (Lipinski definition) is 0. The van der Waals surface area contributed by atoms with Gasteiger partial charge in [-0.3, -0.25) is 0 Å². The molecular formula is C10H9O+. The van der Waals surface area contributed by atoms with Crippen molar-refractivity contribution in [1.82, 2.24) is 0 Å². The van der Waals surface area contributed by atoms with Crippen molar-refractivity contribution < 1.29 is 4.79 Å². The molecule has 0 spiro atoms. The van der Waals surface area contributed by atoms with E-state index < -0.39 is 0 Å². The van der Waals surface area contributed by atoms with Gasteiger partial charge in [0.05, 0.1) is 0 Å². The summed E-state index contributed by atoms with van der Waals surface area (Å²) in [5.74, 6) is 0.669. The molecule has 2 rings (SSSR count). The van der Waals surface area contributed by atoms with E-state index in [4.69, 9.17) is 0 Å². The second kappa shape index (κ2) is 2.42. The topological polar surface area (TPSA) is 17.1 Å². The van der Waals surface area contributed by atoms with Crippen molar-refractivity contribution in [3.63, 3.8) is 0 Å². The summed E-state index contributed by atoms with van der Waals surface area (Å²) in [5.41, 5.74) is 1.26. The Balaban J connectivity index is 2.13. The van der Waals surface area contributed by atoms with Gasteiger partial charge < -0.3 is 0 Å². The molecule has 1 unspecified atom stereocenters. The molecule has 1 fully saturated rings. The van der Waals surface area contributed by atoms with Crippen LogP contribution < -0.4 is 0 Å². The maximum Gasteiger partial charge on any atom is 0.311 e. The minimum Gasteiger partial charge on any atom is -0.244 e. The van der Waals surface area contributed by atoms with Gasteiger partial charge in [-0.25, -0.2) is 4.79 Å². The molecule has 1 aromatic carbocycles. The molecule has 1 aromatic rings. The Morgan fingerprint density at radius 1 is 1.27 bits per heavy atom. The summed E-state index contributed by atoms with van der Waals surface area (Å²) in [6.07, 6.45) is 2.49. The first-order valence-electron chi connectivity index (χ1n) is 3.79. The van der Waals surface area contributed by atoms with Crippen LogP contribution in [0.1, 0.15) is 17.9 Å². The first kappa shape index (κ1) is 6.47. The lowest BCUT2D eigenvalue weighted by atomic mass is 9.79. The molecule has 0 aliphatic heterocycles. The highest BCUT2D eigenvalue weighted by atomic mass is 16.1. The quantitative estimate of drug-likeness (QED) is 0.552. The first-order valence-corrected chi connectivity index (χ1v) is 3.79. The Labute approximate surface area is 66.0 Å². The lowest BCUT2D eigenvalue weighted by Gasteiger charge is -2.13. The summed E-state index contributed by atoms with van der Waals surface area (Å²) in [5, 5.41) is 0. The molecule has 11 heavy (non-hydrogen) atoms. The van der Waals surface area contributed by atoms with E-state index in [1.807, 2.05) is 18.2 Å². The molecule has 0 N–H and O–H groups in total. The fraction of sp³-hybridized carbons (Fsp3) is 0.200. The molecule has 0 saturated heterocycles. The van der Waals surface area contributed by atoms with Gasteiger partial charge in [-0.1, -0.05) is 30.3 Å². The largest absolute Gasteiger partial charge is 0.311 e. The molecule has 0 heterocycles. The maximum absolute atomic E-state index is 10.6. The SMILES string of the molecule is O=C1[CH+]C(c2ccccc2)C1. The second-order valence-corrected chi connectivity index (χ2v) is 2.85. The van der Waals surface area contributed by atoms with Crippen molar-refractivity contribution in [2.24, 2.45) is 0 Å². The van der Waals surface area contributed by atoms with E-state index >= 15 is 0 Å². The highest BCUT2D eigenvalue weighted by Crippen LogP contribution is 2.31. The van der Waals surface area contributed by atoms with E-state index in [0.717, 1.165) is 0 Å². The van der Waals surface area contributed by atoms with E-state index in [1.54, 1.807) is 6.42 Å². The molecular weight excluding hydrogens is 136 g/mol. The van der Waals surface area contributed by atoms with Crippen LogP contribution in [0.2, 0.25) is 0 Å². The van der Waals surface area contributed by atoms with Gasteiger partial charge in [-0.2, -0.15) is 0 Å². The predicted molar refractivity (Wildman–Crippen MR) is 43.1 cm³/mol. The summed E-state index contributed by atoms with van der Waals surface area (Å²) < 4.78 is 0. The fourth-order valence-corrected chi connectivity index (χ4v) is 1.32. The summed E-state index contributed by atoms with van der Waals surface area (Å²) in [6, 6.07) is 10.1. The minimum absolute atomic E-state index is 0.277. The third-order valence-corrected chi connectivity index (χ3v) is 2.04. The Bertz CT molecular complexity index is 255. The van der Waals surface area contributed by atoms with Crippen molar-refractivity contribution in [3.8, 4) is 0 Å². The molecule has 54 valence electrons. The van der Waals surface area contributed by atoms with Gasteiger partial charge in [0.1, 0.15) is 12.3 Å². The van der Waals surface area contributed by atoms with Crippen LogP contribution >= 0.6 is 0 Å². The second-order valence-electron chi connectivity index (χ2n) is 2.85. The van der Waals surface area contributed by atoms with Gasteiger partial charge >= 0.3 is 5.78 Å². The molecule has 1 nitrogen and oxygen atoms in total. The molecule has 0 aromatic heterocycles. The maximum atomic E-state index is 10.6. The van der Waals surface area contributed by atoms with E-state index in [0.29, 0.717) is 12.3 Å². The van der Waals surface area contributed by atoms with Crippen LogP contribution in [0.5, 0.6) is 0 Å². The Kier molecular flexibility index (Phi) is 1.42. The normalized spacial score (nSPS) is 22.2. The molecule has 1 heteroatoms. The smallest absolute Gasteiger partial charge is 0.244 e. The van der Waals surface area contributed by atoms with E-state index in [2.05, 4.69) is 12.1 Å². The van der Waals surface area contributed by atoms with Crippen LogP contribution in [0.4, 0.5) is 0 Å². The molecule has 1 aliphatic carbocycles. The van der Waals surface area contributed by atoms with Gasteiger partial charge in [-0.05, 0) is 0 Å². The zero-order chi connectivity index (χ0) is 7.68. The number of Topliss-reactive ketones (excluding diaryl/α,β-unsaturated/α-hetero) is 1. The molecule has 1 atom stereocenters. The average molecular weight is 145 g/mol. The standard InChI is InChI=1S/C10H9O/c11-10-6-9(7-10)8-4-2-1-3-5-8/h1-6,9H,7H2/q+1. The van der Waals surface area contributed by atoms with Gasteiger partial charge in [0.2, 0.25) is 0 Å². The van der Waals surface area contributed by atoms with Crippen LogP contribution in [0.15, 0.2) is 30.3 Å². The number of ketones is 1. The zero-order valence-corrected chi connectivity index (χ0v) is 6.16. The highest BCUT2D eigenvalue weighted by Gasteiger charge is 2.39. The highest BCUT2D eigenvalue weighted by molar-refractivity contribution is 5.95. The third-order valence-electron chi connectivity index (χ3n) is 2.04. The Hall–Kier alpha value is -1.24. The Morgan fingerprint density at radius 3 is 2.45 bits per heavy atom. The van der Waals surface area contributed by atoms with Crippen molar-refractivity contribution in [3.05, 3.63) is 42.3 Å². The summed E-state index contributed by atoms with van der Waals surface area (Å²) >= 11 is 0. The first-order chi connectivity index (χ1) is 5.36. The number of carbonyl (C=O) groups excluding carboxylic acids is 1. The number of rotatable bonds is 1. The van der Waals surface area contributed by atoms with Crippen LogP contribution in [0.25, 0.3) is 0 Å². The van der Waals surface area contributed by atoms with Crippen LogP contribution in [-0.2, 0) is 4.79 Å². The summed E-state index contributed by atoms with van der Waals surface area (Å²) in [6.45, 7) is 0. The van der Waals surface area contributed by atoms with Crippen molar-refractivity contribution >= 4 is 5.78 Å². The van der Waals surface area contributed by atoms with Crippen LogP contribution in [-0.4, -0.2) is 5.78 Å². The molecule has 0 radical (unpaired) electrons. The molecule has 0 bridgehead atoms. The number of hydrogen-bond acceptors (Lipinski definition) is 1. The minimum atomic E-state index is 0.277. The van der Waals surface area contributed by atoms with Crippen molar-refractivity contribution in [1.29, 1.82) is 0 Å². The van der Waals surface area contributed by atoms with E-state index in [9.17, 15) is 4.79 Å². The lowest BCUT2D eigenvalue weighted by Crippen LogP contribution is -2.21. The summed E-state index contributed by atoms with van der Waals surface area (Å²) in [4.78, 5) is 10.6. The summed E-state index contributed by atoms with van der Waals surface area (Å²) in [7, 11) is 0. The van der Waals surface area contributed by atoms with E-state index in [1.165, 1.54) is 5.56 Å². The van der Waals surface area contributed by atoms with Crippen molar-refractivity contribution in [2.45, 2.75) is 12.3 Å². The predicted octanol–water partition coefficient (Wildman–Crippen LogP) is 1.95. The monoisotopic (exact) mass is 145 g/mol. The third kappa shape index (κ3) is 1.14. The molecule has 0 amide bonds. The van der Waals surface area contributed by atoms with E-state index in [-0.39, 0.29) is 5.78 Å². The van der Waals surface area contributed by atoms with Gasteiger partial charge in [0.25, 0.3) is 0 Å². The number of benzene rings is 1. The van der Waals surface area contributed by atoms with Gasteiger partial charge in [-0.15, -0.1) is 0 Å². The molecule has 1 saturated carbocycles. The number of carbonyl (C=O) groups is 1. The zero-order valence-electron chi connectivity index (χ0n) is 6.16. The van der Waals surface area contributed by atoms with Crippen molar-refractivity contribution in [2.75, 3.05) is 0 Å². The van der Waals surface area contributed by atoms with Crippen LogP contribution in [0, 0.1) is 6.42 Å². The average Bonchev–Trinajstić information content (AvgIpc) is 2.01.